The van der Waals surface area contributed by atoms with Gasteiger partial charge in [-0.25, -0.2) is 0 Å². The lowest BCUT2D eigenvalue weighted by molar-refractivity contribution is 0.702. The van der Waals surface area contributed by atoms with E-state index in [2.05, 4.69) is 229 Å². The van der Waals surface area contributed by atoms with Gasteiger partial charge in [0.15, 0.2) is 0 Å². The molecule has 0 radical (unpaired) electrons. The van der Waals surface area contributed by atoms with E-state index in [0.717, 1.165) is 29.9 Å². The van der Waals surface area contributed by atoms with Crippen molar-refractivity contribution in [3.8, 4) is 11.1 Å². The number of para-hydroxylation sites is 1. The van der Waals surface area contributed by atoms with Gasteiger partial charge in [-0.3, -0.25) is 0 Å². The number of hydrogen-bond donors (Lipinski definition) is 0. The topological polar surface area (TPSA) is 3.24 Å². The van der Waals surface area contributed by atoms with Crippen LogP contribution in [0.5, 0.6) is 0 Å². The fourth-order valence-electron chi connectivity index (χ4n) is 9.30. The number of rotatable bonds is 8. The molecule has 286 valence electrons. The Morgan fingerprint density at radius 1 is 0.517 bits per heavy atom. The van der Waals surface area contributed by atoms with Gasteiger partial charge >= 0.3 is 0 Å². The Labute approximate surface area is 356 Å². The van der Waals surface area contributed by atoms with Crippen LogP contribution in [0, 0.1) is 5.92 Å². The van der Waals surface area contributed by atoms with E-state index in [-0.39, 0.29) is 11.8 Å². The predicted molar refractivity (Wildman–Crippen MR) is 260 cm³/mol. The molecule has 1 nitrogen and oxygen atoms in total. The summed E-state index contributed by atoms with van der Waals surface area (Å²) >= 11 is 1.95. The summed E-state index contributed by atoms with van der Waals surface area (Å²) in [7, 11) is 0. The van der Waals surface area contributed by atoms with Crippen LogP contribution in [0.3, 0.4) is 0 Å². The van der Waals surface area contributed by atoms with E-state index in [9.17, 15) is 0 Å². The molecule has 11 rings (SSSR count). The normalized spacial score (nSPS) is 16.1. The molecular weight excluding hydrogens is 743 g/mol. The van der Waals surface area contributed by atoms with Crippen molar-refractivity contribution in [2.24, 2.45) is 5.92 Å². The van der Waals surface area contributed by atoms with E-state index in [4.69, 9.17) is 0 Å². The van der Waals surface area contributed by atoms with Crippen molar-refractivity contribution in [3.63, 3.8) is 0 Å². The highest BCUT2D eigenvalue weighted by molar-refractivity contribution is 7.19. The smallest absolute Gasteiger partial charge is 0.0533 e. The van der Waals surface area contributed by atoms with Gasteiger partial charge in [0.05, 0.1) is 5.69 Å². The molecule has 0 aliphatic heterocycles. The van der Waals surface area contributed by atoms with Crippen LogP contribution in [0.4, 0.5) is 17.1 Å². The fourth-order valence-corrected chi connectivity index (χ4v) is 10.5. The Morgan fingerprint density at radius 3 is 2.13 bits per heavy atom. The van der Waals surface area contributed by atoms with E-state index < -0.39 is 0 Å². The van der Waals surface area contributed by atoms with Crippen LogP contribution < -0.4 is 4.90 Å². The minimum absolute atomic E-state index is 0.245. The largest absolute Gasteiger partial charge is 0.310 e. The van der Waals surface area contributed by atoms with Gasteiger partial charge in [-0.1, -0.05) is 176 Å². The molecule has 60 heavy (non-hydrogen) atoms. The van der Waals surface area contributed by atoms with E-state index >= 15 is 0 Å². The Morgan fingerprint density at radius 2 is 1.23 bits per heavy atom. The maximum atomic E-state index is 2.44. The van der Waals surface area contributed by atoms with Gasteiger partial charge in [0, 0.05) is 32.8 Å². The SMILES string of the molecule is C1=CC(/C=C/c2ccccc2N(c2ccc(C3=Cc4c(sc5ccccc45)CC3)cc2)c2cccc(-c3ccc4ccc5ccccc5c4c3)c2)C(c2ccccc2)C=C1. The van der Waals surface area contributed by atoms with Crippen LogP contribution in [0.25, 0.3) is 60.5 Å². The molecular formula is C58H43NS. The molecule has 2 aliphatic carbocycles. The average Bonchev–Trinajstić information content (AvgIpc) is 3.70. The van der Waals surface area contributed by atoms with E-state index in [1.54, 1.807) is 0 Å². The highest BCUT2D eigenvalue weighted by Crippen LogP contribution is 2.43. The van der Waals surface area contributed by atoms with Crippen LogP contribution >= 0.6 is 11.3 Å². The second kappa shape index (κ2) is 15.6. The predicted octanol–water partition coefficient (Wildman–Crippen LogP) is 16.4. The molecule has 0 amide bonds. The molecule has 2 heteroatoms. The fraction of sp³-hybridized carbons (Fsp3) is 0.0690. The number of anilines is 3. The third-order valence-electron chi connectivity index (χ3n) is 12.4. The van der Waals surface area contributed by atoms with Crippen molar-refractivity contribution < 1.29 is 0 Å². The summed E-state index contributed by atoms with van der Waals surface area (Å²) in [5, 5.41) is 6.45. The third kappa shape index (κ3) is 6.79. The van der Waals surface area contributed by atoms with Gasteiger partial charge in [0.2, 0.25) is 0 Å². The summed E-state index contributed by atoms with van der Waals surface area (Å²) in [6.07, 6.45) is 18.3. The van der Waals surface area contributed by atoms with Gasteiger partial charge in [-0.2, -0.15) is 0 Å². The zero-order valence-corrected chi connectivity index (χ0v) is 34.1. The second-order valence-electron chi connectivity index (χ2n) is 16.0. The number of allylic oxidation sites excluding steroid dienone is 6. The number of nitrogens with zero attached hydrogens (tertiary/aromatic N) is 1. The molecule has 0 fully saturated rings. The second-order valence-corrected chi connectivity index (χ2v) is 17.1. The highest BCUT2D eigenvalue weighted by Gasteiger charge is 2.21. The van der Waals surface area contributed by atoms with Crippen molar-refractivity contribution in [2.75, 3.05) is 4.90 Å². The third-order valence-corrected chi connectivity index (χ3v) is 13.6. The molecule has 2 unspecified atom stereocenters. The summed E-state index contributed by atoms with van der Waals surface area (Å²) < 4.78 is 1.38. The Hall–Kier alpha value is -7.00. The number of hydrogen-bond acceptors (Lipinski definition) is 2. The van der Waals surface area contributed by atoms with E-state index in [1.807, 2.05) is 11.3 Å². The van der Waals surface area contributed by atoms with Gasteiger partial charge in [0.1, 0.15) is 0 Å². The lowest BCUT2D eigenvalue weighted by atomic mass is 9.82. The minimum atomic E-state index is 0.245. The number of benzene rings is 8. The molecule has 9 aromatic rings. The van der Waals surface area contributed by atoms with Gasteiger partial charge in [-0.05, 0) is 127 Å². The molecule has 8 aromatic carbocycles. The first kappa shape index (κ1) is 36.1. The van der Waals surface area contributed by atoms with Gasteiger partial charge in [-0.15, -0.1) is 11.3 Å². The summed E-state index contributed by atoms with van der Waals surface area (Å²) in [5.74, 6) is 0.534. The standard InChI is InChI=1S/C58H43NS/c1-2-13-41(14-3-1)51-20-7-4-15-42(51)27-29-45-17-6-10-23-56(45)59(49-34-31-40(32-35-49)47-33-36-58-55(39-47)53-22-9-11-24-57(53)60-58)50-19-12-18-46(37-50)48-30-28-44-26-25-43-16-5-8-21-52(43)54(44)38-48/h1-32,34-35,37-39,42,51H,33,36H2/b29-27+. The van der Waals surface area contributed by atoms with Crippen LogP contribution in [0.15, 0.2) is 212 Å². The minimum Gasteiger partial charge on any atom is -0.310 e. The van der Waals surface area contributed by atoms with E-state index in [1.165, 1.54) is 75.5 Å². The zero-order valence-electron chi connectivity index (χ0n) is 33.3. The molecule has 2 aliphatic rings. The molecule has 0 saturated carbocycles. The van der Waals surface area contributed by atoms with Crippen LogP contribution in [0.1, 0.15) is 39.5 Å². The summed E-state index contributed by atoms with van der Waals surface area (Å²) in [6, 6.07) is 66.9. The number of thiophene rings is 1. The van der Waals surface area contributed by atoms with Gasteiger partial charge in [0.25, 0.3) is 0 Å². The molecule has 0 bridgehead atoms. The molecule has 2 atom stereocenters. The van der Waals surface area contributed by atoms with Gasteiger partial charge < -0.3 is 4.90 Å². The first-order valence-electron chi connectivity index (χ1n) is 21.0. The first-order valence-corrected chi connectivity index (χ1v) is 21.9. The zero-order chi connectivity index (χ0) is 39.8. The first-order chi connectivity index (χ1) is 29.7. The molecule has 0 spiro atoms. The summed E-state index contributed by atoms with van der Waals surface area (Å²) in [5.41, 5.74) is 12.4. The van der Waals surface area contributed by atoms with Crippen molar-refractivity contribution in [1.29, 1.82) is 0 Å². The molecule has 0 saturated heterocycles. The number of aryl methyl sites for hydroxylation is 1. The van der Waals surface area contributed by atoms with Crippen LogP contribution in [-0.4, -0.2) is 0 Å². The summed E-state index contributed by atoms with van der Waals surface area (Å²) in [6.45, 7) is 0. The Bertz CT molecular complexity index is 3160. The average molecular weight is 786 g/mol. The van der Waals surface area contributed by atoms with Crippen LogP contribution in [0.2, 0.25) is 0 Å². The van der Waals surface area contributed by atoms with Crippen LogP contribution in [-0.2, 0) is 6.42 Å². The maximum absolute atomic E-state index is 2.44. The Kier molecular flexibility index (Phi) is 9.41. The van der Waals surface area contributed by atoms with Crippen molar-refractivity contribution in [1.82, 2.24) is 0 Å². The Balaban J connectivity index is 1.00. The maximum Gasteiger partial charge on any atom is 0.0533 e. The van der Waals surface area contributed by atoms with Crippen molar-refractivity contribution >= 4 is 77.8 Å². The van der Waals surface area contributed by atoms with Crippen molar-refractivity contribution in [3.05, 3.63) is 240 Å². The molecule has 1 heterocycles. The molecule has 0 N–H and O–H groups in total. The van der Waals surface area contributed by atoms with Crippen molar-refractivity contribution in [2.45, 2.75) is 18.8 Å². The molecule has 1 aromatic heterocycles. The highest BCUT2D eigenvalue weighted by atomic mass is 32.1. The summed E-state index contributed by atoms with van der Waals surface area (Å²) in [4.78, 5) is 3.94. The lowest BCUT2D eigenvalue weighted by Crippen LogP contribution is -2.12. The van der Waals surface area contributed by atoms with E-state index in [0.29, 0.717) is 0 Å². The number of fused-ring (bicyclic) bond motifs is 6. The lowest BCUT2D eigenvalue weighted by Gasteiger charge is -2.28. The quantitative estimate of drug-likeness (QED) is 0.139. The monoisotopic (exact) mass is 785 g/mol.